The van der Waals surface area contributed by atoms with Gasteiger partial charge < -0.3 is 10.2 Å². The number of rotatable bonds is 4. The smallest absolute Gasteiger partial charge is 0.253 e. The molecule has 4 heterocycles. The third kappa shape index (κ3) is 4.38. The van der Waals surface area contributed by atoms with Crippen molar-refractivity contribution in [3.63, 3.8) is 0 Å². The third-order valence-electron chi connectivity index (χ3n) is 5.95. The van der Waals surface area contributed by atoms with Gasteiger partial charge in [-0.25, -0.2) is 4.98 Å². The molecular formula is C25H23ClN4O2S. The number of anilines is 1. The van der Waals surface area contributed by atoms with Gasteiger partial charge in [0.25, 0.3) is 5.91 Å². The van der Waals surface area contributed by atoms with Gasteiger partial charge in [-0.1, -0.05) is 17.7 Å². The number of likely N-dealkylation sites (tertiary alicyclic amines) is 1. The Labute approximate surface area is 200 Å². The molecule has 33 heavy (non-hydrogen) atoms. The highest BCUT2D eigenvalue weighted by Gasteiger charge is 2.30. The lowest BCUT2D eigenvalue weighted by Crippen LogP contribution is -2.43. The van der Waals surface area contributed by atoms with Gasteiger partial charge >= 0.3 is 0 Å². The zero-order valence-electron chi connectivity index (χ0n) is 18.1. The second-order valence-corrected chi connectivity index (χ2v) is 9.69. The Bertz CT molecular complexity index is 1310. The van der Waals surface area contributed by atoms with E-state index in [1.54, 1.807) is 40.5 Å². The van der Waals surface area contributed by atoms with E-state index in [-0.39, 0.29) is 17.7 Å². The van der Waals surface area contributed by atoms with E-state index >= 15 is 0 Å². The summed E-state index contributed by atoms with van der Waals surface area (Å²) in [6, 6.07) is 14.8. The first-order valence-electron chi connectivity index (χ1n) is 10.9. The number of amides is 2. The van der Waals surface area contributed by atoms with E-state index < -0.39 is 0 Å². The molecule has 1 aliphatic rings. The van der Waals surface area contributed by atoms with Crippen molar-refractivity contribution in [2.45, 2.75) is 19.8 Å². The van der Waals surface area contributed by atoms with E-state index in [1.807, 2.05) is 47.2 Å². The number of nitrogens with zero attached hydrogens (tertiary/aromatic N) is 3. The summed E-state index contributed by atoms with van der Waals surface area (Å²) in [7, 11) is 0. The van der Waals surface area contributed by atoms with Crippen molar-refractivity contribution >= 4 is 46.2 Å². The minimum atomic E-state index is -0.290. The number of nitrogens with one attached hydrogen (secondary N) is 1. The Balaban J connectivity index is 1.39. The number of carbonyl (C=O) groups is 2. The number of imidazole rings is 1. The second kappa shape index (κ2) is 9.00. The molecule has 5 rings (SSSR count). The predicted molar refractivity (Wildman–Crippen MR) is 132 cm³/mol. The second-order valence-electron chi connectivity index (χ2n) is 8.31. The normalized spacial score (nSPS) is 16.2. The van der Waals surface area contributed by atoms with Crippen molar-refractivity contribution in [1.29, 1.82) is 0 Å². The number of halogens is 1. The lowest BCUT2D eigenvalue weighted by Gasteiger charge is -2.32. The summed E-state index contributed by atoms with van der Waals surface area (Å²) in [6.07, 6.45) is 3.45. The molecule has 1 fully saturated rings. The van der Waals surface area contributed by atoms with E-state index in [9.17, 15) is 9.59 Å². The Morgan fingerprint density at radius 3 is 2.76 bits per heavy atom. The van der Waals surface area contributed by atoms with Gasteiger partial charge in [0.1, 0.15) is 17.2 Å². The first kappa shape index (κ1) is 21.7. The zero-order chi connectivity index (χ0) is 22.9. The molecule has 0 spiro atoms. The summed E-state index contributed by atoms with van der Waals surface area (Å²) < 4.78 is 1.92. The molecule has 0 saturated carbocycles. The maximum Gasteiger partial charge on any atom is 0.253 e. The number of hydrogen-bond donors (Lipinski definition) is 1. The van der Waals surface area contributed by atoms with Crippen LogP contribution in [0, 0.1) is 12.8 Å². The average molecular weight is 479 g/mol. The lowest BCUT2D eigenvalue weighted by atomic mass is 9.96. The van der Waals surface area contributed by atoms with Crippen molar-refractivity contribution in [3.05, 3.63) is 76.3 Å². The predicted octanol–water partition coefficient (Wildman–Crippen LogP) is 5.52. The Morgan fingerprint density at radius 2 is 2.00 bits per heavy atom. The van der Waals surface area contributed by atoms with Crippen molar-refractivity contribution in [2.75, 3.05) is 18.4 Å². The van der Waals surface area contributed by atoms with E-state index in [2.05, 4.69) is 5.32 Å². The zero-order valence-corrected chi connectivity index (χ0v) is 19.7. The molecule has 2 amide bonds. The molecule has 8 heteroatoms. The molecule has 1 aliphatic heterocycles. The van der Waals surface area contributed by atoms with Crippen LogP contribution in [0.1, 0.15) is 28.8 Å². The van der Waals surface area contributed by atoms with Crippen LogP contribution in [0.5, 0.6) is 0 Å². The van der Waals surface area contributed by atoms with E-state index in [4.69, 9.17) is 16.6 Å². The largest absolute Gasteiger partial charge is 0.338 e. The SMILES string of the molecule is Cc1ccn2c(NC(=O)[C@@H]3CCCN(C(=O)c4ccc(Cl)cc4)C3)c(-c3cccs3)nc2c1. The van der Waals surface area contributed by atoms with Gasteiger partial charge in [0.15, 0.2) is 0 Å². The molecule has 1 atom stereocenters. The average Bonchev–Trinajstić information content (AvgIpc) is 3.47. The number of hydrogen-bond acceptors (Lipinski definition) is 4. The van der Waals surface area contributed by atoms with Crippen LogP contribution in [0.4, 0.5) is 5.82 Å². The quantitative estimate of drug-likeness (QED) is 0.420. The molecule has 1 saturated heterocycles. The van der Waals surface area contributed by atoms with E-state index in [0.717, 1.165) is 34.6 Å². The fourth-order valence-corrected chi connectivity index (χ4v) is 5.06. The van der Waals surface area contributed by atoms with E-state index in [0.29, 0.717) is 29.5 Å². The number of aryl methyl sites for hydroxylation is 1. The summed E-state index contributed by atoms with van der Waals surface area (Å²) in [6.45, 7) is 3.05. The van der Waals surface area contributed by atoms with Crippen LogP contribution >= 0.6 is 22.9 Å². The molecule has 4 aromatic rings. The number of carbonyl (C=O) groups excluding carboxylic acids is 2. The fraction of sp³-hybridized carbons (Fsp3) is 0.240. The van der Waals surface area contributed by atoms with Crippen LogP contribution in [0.25, 0.3) is 16.2 Å². The van der Waals surface area contributed by atoms with Crippen molar-refractivity contribution in [3.8, 4) is 10.6 Å². The maximum absolute atomic E-state index is 13.3. The van der Waals surface area contributed by atoms with Gasteiger partial charge in [-0.15, -0.1) is 11.3 Å². The third-order valence-corrected chi connectivity index (χ3v) is 7.08. The highest BCUT2D eigenvalue weighted by Crippen LogP contribution is 2.33. The van der Waals surface area contributed by atoms with Gasteiger partial charge in [-0.2, -0.15) is 0 Å². The summed E-state index contributed by atoms with van der Waals surface area (Å²) >= 11 is 7.54. The molecule has 0 radical (unpaired) electrons. The van der Waals surface area contributed by atoms with Crippen LogP contribution in [-0.4, -0.2) is 39.2 Å². The number of fused-ring (bicyclic) bond motifs is 1. The van der Waals surface area contributed by atoms with Gasteiger partial charge in [-0.05, 0) is 73.2 Å². The molecule has 0 unspecified atom stereocenters. The molecule has 168 valence electrons. The molecule has 3 aromatic heterocycles. The number of thiophene rings is 1. The highest BCUT2D eigenvalue weighted by molar-refractivity contribution is 7.13. The van der Waals surface area contributed by atoms with Gasteiger partial charge in [0.05, 0.1) is 10.8 Å². The first-order valence-corrected chi connectivity index (χ1v) is 12.1. The van der Waals surface area contributed by atoms with Crippen LogP contribution in [0.3, 0.4) is 0 Å². The minimum absolute atomic E-state index is 0.0753. The van der Waals surface area contributed by atoms with Crippen LogP contribution < -0.4 is 5.32 Å². The fourth-order valence-electron chi connectivity index (χ4n) is 4.22. The van der Waals surface area contributed by atoms with Gasteiger partial charge in [-0.3, -0.25) is 14.0 Å². The van der Waals surface area contributed by atoms with Crippen LogP contribution in [0.2, 0.25) is 5.02 Å². The van der Waals surface area contributed by atoms with E-state index in [1.165, 1.54) is 0 Å². The lowest BCUT2D eigenvalue weighted by molar-refractivity contribution is -0.121. The summed E-state index contributed by atoms with van der Waals surface area (Å²) in [5, 5.41) is 5.72. The van der Waals surface area contributed by atoms with Crippen LogP contribution in [0.15, 0.2) is 60.1 Å². The first-order chi connectivity index (χ1) is 16.0. The Morgan fingerprint density at radius 1 is 1.18 bits per heavy atom. The van der Waals surface area contributed by atoms with Gasteiger partial charge in [0, 0.05) is 29.9 Å². The number of benzene rings is 1. The standard InChI is InChI=1S/C25H23ClN4O2S/c1-16-10-12-30-21(14-16)27-22(20-5-3-13-33-20)23(30)28-24(31)18-4-2-11-29(15-18)25(32)17-6-8-19(26)9-7-17/h3,5-10,12-14,18H,2,4,11,15H2,1H3,(H,28,31)/t18-/m1/s1. The van der Waals surface area contributed by atoms with Gasteiger partial charge in [0.2, 0.25) is 5.91 Å². The number of aromatic nitrogens is 2. The molecule has 0 aliphatic carbocycles. The van der Waals surface area contributed by atoms with Crippen molar-refractivity contribution in [1.82, 2.24) is 14.3 Å². The molecule has 0 bridgehead atoms. The van der Waals surface area contributed by atoms with Crippen LogP contribution in [-0.2, 0) is 4.79 Å². The summed E-state index contributed by atoms with van der Waals surface area (Å²) in [5.74, 6) is 0.207. The molecular weight excluding hydrogens is 456 g/mol. The Hall–Kier alpha value is -3.16. The summed E-state index contributed by atoms with van der Waals surface area (Å²) in [4.78, 5) is 33.8. The van der Waals surface area contributed by atoms with Crippen molar-refractivity contribution in [2.24, 2.45) is 5.92 Å². The topological polar surface area (TPSA) is 66.7 Å². The molecule has 1 N–H and O–H groups in total. The number of pyridine rings is 1. The molecule has 1 aromatic carbocycles. The monoisotopic (exact) mass is 478 g/mol. The minimum Gasteiger partial charge on any atom is -0.338 e. The highest BCUT2D eigenvalue weighted by atomic mass is 35.5. The maximum atomic E-state index is 13.3. The molecule has 6 nitrogen and oxygen atoms in total. The number of piperidine rings is 1. The summed E-state index contributed by atoms with van der Waals surface area (Å²) in [5.41, 5.74) is 3.23. The van der Waals surface area contributed by atoms with Crippen molar-refractivity contribution < 1.29 is 9.59 Å². The Kier molecular flexibility index (Phi) is 5.91.